The molecule has 1 amide bonds. The summed E-state index contributed by atoms with van der Waals surface area (Å²) in [5, 5.41) is 24.9. The third-order valence-electron chi connectivity index (χ3n) is 3.15. The molecular weight excluding hydrogens is 331 g/mol. The fraction of sp³-hybridized carbons (Fsp3) is 0.500. The molecule has 0 heterocycles. The van der Waals surface area contributed by atoms with Gasteiger partial charge < -0.3 is 15.7 Å². The fourth-order valence-corrected chi connectivity index (χ4v) is 1.76. The minimum Gasteiger partial charge on any atom is -0.396 e. The Hall–Kier alpha value is -2.36. The Bertz CT molecular complexity index is 593. The van der Waals surface area contributed by atoms with Crippen molar-refractivity contribution in [3.05, 3.63) is 33.9 Å². The van der Waals surface area contributed by atoms with Crippen molar-refractivity contribution in [2.24, 2.45) is 5.92 Å². The van der Waals surface area contributed by atoms with Gasteiger partial charge in [0.25, 0.3) is 5.69 Å². The van der Waals surface area contributed by atoms with E-state index in [0.29, 0.717) is 6.07 Å². The zero-order valence-corrected chi connectivity index (χ0v) is 12.9. The second-order valence-corrected chi connectivity index (χ2v) is 5.26. The molecule has 134 valence electrons. The summed E-state index contributed by atoms with van der Waals surface area (Å²) in [6.07, 6.45) is -4.69. The van der Waals surface area contributed by atoms with Crippen molar-refractivity contribution in [2.75, 3.05) is 25.0 Å². The number of amides is 1. The number of aliphatic hydroxyl groups is 1. The molecule has 1 rings (SSSR count). The number of carbonyl (C=O) groups excluding carboxylic acids is 1. The standard InChI is InChI=1S/C14H18F3N3O4/c1-9(8-21)7-19-13(22)4-5-18-11-3-2-10(14(15,16)17)6-12(11)20(23)24/h2-3,6,9,18,21H,4-5,7-8H2,1H3,(H,19,22). The van der Waals surface area contributed by atoms with E-state index in [2.05, 4.69) is 10.6 Å². The number of benzene rings is 1. The van der Waals surface area contributed by atoms with E-state index in [1.54, 1.807) is 6.92 Å². The first-order valence-corrected chi connectivity index (χ1v) is 7.12. The molecule has 0 aliphatic heterocycles. The topological polar surface area (TPSA) is 104 Å². The zero-order chi connectivity index (χ0) is 18.3. The molecule has 1 atom stereocenters. The van der Waals surface area contributed by atoms with Crippen molar-refractivity contribution in [1.29, 1.82) is 0 Å². The van der Waals surface area contributed by atoms with Gasteiger partial charge in [0.15, 0.2) is 0 Å². The highest BCUT2D eigenvalue weighted by Gasteiger charge is 2.33. The normalized spacial score (nSPS) is 12.5. The Balaban J connectivity index is 2.65. The van der Waals surface area contributed by atoms with Gasteiger partial charge in [-0.15, -0.1) is 0 Å². The van der Waals surface area contributed by atoms with Crippen LogP contribution in [0.5, 0.6) is 0 Å². The number of nitro groups is 1. The van der Waals surface area contributed by atoms with Gasteiger partial charge in [-0.1, -0.05) is 6.92 Å². The summed E-state index contributed by atoms with van der Waals surface area (Å²) in [5.74, 6) is -0.435. The summed E-state index contributed by atoms with van der Waals surface area (Å²) in [5.41, 5.74) is -1.92. The van der Waals surface area contributed by atoms with E-state index in [0.717, 1.165) is 12.1 Å². The third kappa shape index (κ3) is 6.03. The smallest absolute Gasteiger partial charge is 0.396 e. The van der Waals surface area contributed by atoms with Gasteiger partial charge in [-0.2, -0.15) is 13.2 Å². The molecule has 0 aromatic heterocycles. The maximum atomic E-state index is 12.6. The van der Waals surface area contributed by atoms with Gasteiger partial charge in [0.1, 0.15) is 5.69 Å². The van der Waals surface area contributed by atoms with Crippen molar-refractivity contribution >= 4 is 17.3 Å². The number of nitrogens with one attached hydrogen (secondary N) is 2. The Labute approximate surface area is 136 Å². The highest BCUT2D eigenvalue weighted by Crippen LogP contribution is 2.34. The number of hydrogen-bond donors (Lipinski definition) is 3. The van der Waals surface area contributed by atoms with Crippen molar-refractivity contribution < 1.29 is 28.0 Å². The third-order valence-corrected chi connectivity index (χ3v) is 3.15. The lowest BCUT2D eigenvalue weighted by Gasteiger charge is -2.12. The molecule has 0 aliphatic rings. The number of halogens is 3. The molecule has 0 saturated heterocycles. The largest absolute Gasteiger partial charge is 0.416 e. The molecule has 24 heavy (non-hydrogen) atoms. The molecular formula is C14H18F3N3O4. The molecule has 0 radical (unpaired) electrons. The summed E-state index contributed by atoms with van der Waals surface area (Å²) < 4.78 is 37.8. The summed E-state index contributed by atoms with van der Waals surface area (Å²) in [7, 11) is 0. The van der Waals surface area contributed by atoms with E-state index in [9.17, 15) is 28.1 Å². The van der Waals surface area contributed by atoms with Gasteiger partial charge in [0.2, 0.25) is 5.91 Å². The van der Waals surface area contributed by atoms with E-state index < -0.39 is 22.4 Å². The number of nitrogens with zero attached hydrogens (tertiary/aromatic N) is 1. The molecule has 0 fully saturated rings. The molecule has 0 spiro atoms. The lowest BCUT2D eigenvalue weighted by Crippen LogP contribution is -2.30. The molecule has 0 saturated carbocycles. The van der Waals surface area contributed by atoms with Gasteiger partial charge in [-0.3, -0.25) is 14.9 Å². The van der Waals surface area contributed by atoms with E-state index in [-0.39, 0.29) is 43.6 Å². The lowest BCUT2D eigenvalue weighted by atomic mass is 10.1. The van der Waals surface area contributed by atoms with Crippen LogP contribution < -0.4 is 10.6 Å². The van der Waals surface area contributed by atoms with Crippen LogP contribution >= 0.6 is 0 Å². The van der Waals surface area contributed by atoms with Crippen LogP contribution in [0.15, 0.2) is 18.2 Å². The van der Waals surface area contributed by atoms with E-state index >= 15 is 0 Å². The predicted molar refractivity (Wildman–Crippen MR) is 80.5 cm³/mol. The highest BCUT2D eigenvalue weighted by atomic mass is 19.4. The lowest BCUT2D eigenvalue weighted by molar-refractivity contribution is -0.384. The van der Waals surface area contributed by atoms with Gasteiger partial charge in [0.05, 0.1) is 10.5 Å². The highest BCUT2D eigenvalue weighted by molar-refractivity contribution is 5.76. The first kappa shape index (κ1) is 19.7. The first-order valence-electron chi connectivity index (χ1n) is 7.12. The Kier molecular flexibility index (Phi) is 6.96. The molecule has 0 bridgehead atoms. The van der Waals surface area contributed by atoms with E-state index in [1.165, 1.54) is 0 Å². The first-order chi connectivity index (χ1) is 11.1. The number of aliphatic hydroxyl groups excluding tert-OH is 1. The number of anilines is 1. The van der Waals surface area contributed by atoms with Crippen LogP contribution in [0.2, 0.25) is 0 Å². The van der Waals surface area contributed by atoms with Crippen LogP contribution in [0.25, 0.3) is 0 Å². The number of hydrogen-bond acceptors (Lipinski definition) is 5. The fourth-order valence-electron chi connectivity index (χ4n) is 1.76. The summed E-state index contributed by atoms with van der Waals surface area (Å²) in [4.78, 5) is 21.5. The van der Waals surface area contributed by atoms with Crippen molar-refractivity contribution in [2.45, 2.75) is 19.5 Å². The van der Waals surface area contributed by atoms with Crippen LogP contribution in [-0.2, 0) is 11.0 Å². The quantitative estimate of drug-likeness (QED) is 0.493. The number of rotatable bonds is 8. The molecule has 1 unspecified atom stereocenters. The number of alkyl halides is 3. The maximum absolute atomic E-state index is 12.6. The Morgan fingerprint density at radius 1 is 1.42 bits per heavy atom. The minimum absolute atomic E-state index is 0.0175. The Morgan fingerprint density at radius 2 is 2.08 bits per heavy atom. The molecule has 10 heteroatoms. The van der Waals surface area contributed by atoms with Crippen LogP contribution in [-0.4, -0.2) is 35.6 Å². The average molecular weight is 349 g/mol. The van der Waals surface area contributed by atoms with Crippen molar-refractivity contribution in [3.63, 3.8) is 0 Å². The van der Waals surface area contributed by atoms with Gasteiger partial charge in [0, 0.05) is 32.2 Å². The molecule has 1 aromatic rings. The maximum Gasteiger partial charge on any atom is 0.416 e. The Morgan fingerprint density at radius 3 is 2.62 bits per heavy atom. The summed E-state index contributed by atoms with van der Waals surface area (Å²) in [6.45, 7) is 1.97. The second kappa shape index (κ2) is 8.48. The average Bonchev–Trinajstić information content (AvgIpc) is 2.51. The van der Waals surface area contributed by atoms with Gasteiger partial charge in [-0.25, -0.2) is 0 Å². The summed E-state index contributed by atoms with van der Waals surface area (Å²) >= 11 is 0. The number of nitro benzene ring substituents is 1. The van der Waals surface area contributed by atoms with Crippen molar-refractivity contribution in [3.8, 4) is 0 Å². The van der Waals surface area contributed by atoms with Crippen molar-refractivity contribution in [1.82, 2.24) is 5.32 Å². The van der Waals surface area contributed by atoms with Gasteiger partial charge >= 0.3 is 6.18 Å². The SMILES string of the molecule is CC(CO)CNC(=O)CCNc1ccc(C(F)(F)F)cc1[N+](=O)[O-]. The molecule has 7 nitrogen and oxygen atoms in total. The predicted octanol–water partition coefficient (Wildman–Crippen LogP) is 2.16. The van der Waals surface area contributed by atoms with E-state index in [4.69, 9.17) is 5.11 Å². The molecule has 1 aromatic carbocycles. The molecule has 0 aliphatic carbocycles. The zero-order valence-electron chi connectivity index (χ0n) is 12.9. The van der Waals surface area contributed by atoms with Crippen LogP contribution in [0.3, 0.4) is 0 Å². The van der Waals surface area contributed by atoms with Gasteiger partial charge in [-0.05, 0) is 18.1 Å². The van der Waals surface area contributed by atoms with Crippen LogP contribution in [0.4, 0.5) is 24.5 Å². The number of carbonyl (C=O) groups is 1. The summed E-state index contributed by atoms with van der Waals surface area (Å²) in [6, 6.07) is 2.15. The molecule has 3 N–H and O–H groups in total. The second-order valence-electron chi connectivity index (χ2n) is 5.26. The van der Waals surface area contributed by atoms with Crippen LogP contribution in [0.1, 0.15) is 18.9 Å². The van der Waals surface area contributed by atoms with Crippen LogP contribution in [0, 0.1) is 16.0 Å². The minimum atomic E-state index is -4.67. The van der Waals surface area contributed by atoms with E-state index in [1.807, 2.05) is 0 Å². The monoisotopic (exact) mass is 349 g/mol.